The molecular formula is C19H29N2O4+. The highest BCUT2D eigenvalue weighted by Gasteiger charge is 2.40. The first kappa shape index (κ1) is 19.2. The first-order valence-corrected chi connectivity index (χ1v) is 8.67. The summed E-state index contributed by atoms with van der Waals surface area (Å²) in [6.07, 6.45) is 1.73. The lowest BCUT2D eigenvalue weighted by atomic mass is 9.77. The number of amides is 2. The van der Waals surface area contributed by atoms with Gasteiger partial charge in [-0.25, -0.2) is 4.90 Å². The lowest BCUT2D eigenvalue weighted by Crippen LogP contribution is -3.09. The molecule has 1 aromatic rings. The van der Waals surface area contributed by atoms with Gasteiger partial charge in [0.25, 0.3) is 0 Å². The van der Waals surface area contributed by atoms with Gasteiger partial charge in [-0.1, -0.05) is 13.8 Å². The van der Waals surface area contributed by atoms with E-state index < -0.39 is 0 Å². The minimum atomic E-state index is -0.193. The third kappa shape index (κ3) is 4.51. The minimum Gasteiger partial charge on any atom is -0.493 e. The van der Waals surface area contributed by atoms with Gasteiger partial charge >= 0.3 is 0 Å². The summed E-state index contributed by atoms with van der Waals surface area (Å²) in [4.78, 5) is 27.3. The largest absolute Gasteiger partial charge is 0.493 e. The van der Waals surface area contributed by atoms with E-state index in [9.17, 15) is 9.59 Å². The third-order valence-corrected chi connectivity index (χ3v) is 4.99. The summed E-state index contributed by atoms with van der Waals surface area (Å²) in [6.45, 7) is 5.11. The van der Waals surface area contributed by atoms with Crippen LogP contribution in [0.3, 0.4) is 0 Å². The normalized spacial score (nSPS) is 18.2. The van der Waals surface area contributed by atoms with Crippen molar-refractivity contribution in [2.45, 2.75) is 39.7 Å². The lowest BCUT2D eigenvalue weighted by Gasteiger charge is -2.37. The summed E-state index contributed by atoms with van der Waals surface area (Å²) in [5.74, 6) is 1.24. The van der Waals surface area contributed by atoms with Gasteiger partial charge < -0.3 is 14.4 Å². The van der Waals surface area contributed by atoms with Crippen LogP contribution in [0.4, 0.5) is 0 Å². The highest BCUT2D eigenvalue weighted by molar-refractivity contribution is 5.98. The molecule has 0 bridgehead atoms. The van der Waals surface area contributed by atoms with Crippen LogP contribution < -0.4 is 14.4 Å². The molecular weight excluding hydrogens is 320 g/mol. The zero-order valence-corrected chi connectivity index (χ0v) is 15.8. The molecule has 1 saturated heterocycles. The molecule has 0 aliphatic carbocycles. The predicted molar refractivity (Wildman–Crippen MR) is 94.5 cm³/mol. The Morgan fingerprint density at radius 3 is 2.24 bits per heavy atom. The number of rotatable bonds is 7. The number of carbonyl (C=O) groups excluding carboxylic acids is 2. The summed E-state index contributed by atoms with van der Waals surface area (Å²) >= 11 is 0. The van der Waals surface area contributed by atoms with Crippen LogP contribution in [0, 0.1) is 5.41 Å². The average molecular weight is 349 g/mol. The zero-order chi connectivity index (χ0) is 18.6. The fraction of sp³-hybridized carbons (Fsp3) is 0.579. The number of hydrogen-bond donors (Lipinski definition) is 1. The number of benzene rings is 1. The Kier molecular flexibility index (Phi) is 6.06. The van der Waals surface area contributed by atoms with Crippen LogP contribution in [-0.4, -0.2) is 44.7 Å². The van der Waals surface area contributed by atoms with Gasteiger partial charge in [-0.05, 0) is 30.0 Å². The maximum Gasteiger partial charge on any atom is 0.234 e. The second-order valence-electron chi connectivity index (χ2n) is 7.21. The molecule has 138 valence electrons. The standard InChI is InChI=1S/C19H28N2O4/c1-6-19(2)10-17(22)21(18(23)11-19)13-20(3)12-14-7-8-15(24-4)16(9-14)25-5/h7-9H,6,10-13H2,1-5H3/p+1. The Morgan fingerprint density at radius 2 is 1.72 bits per heavy atom. The molecule has 1 N–H and O–H groups in total. The van der Waals surface area contributed by atoms with E-state index in [1.54, 1.807) is 14.2 Å². The van der Waals surface area contributed by atoms with Crippen LogP contribution in [0.25, 0.3) is 0 Å². The molecule has 1 aliphatic rings. The molecule has 1 unspecified atom stereocenters. The molecule has 1 aliphatic heterocycles. The van der Waals surface area contributed by atoms with Crippen molar-refractivity contribution >= 4 is 11.8 Å². The van der Waals surface area contributed by atoms with Crippen LogP contribution in [-0.2, 0) is 16.1 Å². The number of nitrogens with one attached hydrogen (secondary N) is 1. The summed E-state index contributed by atoms with van der Waals surface area (Å²) < 4.78 is 10.6. The monoisotopic (exact) mass is 349 g/mol. The molecule has 6 nitrogen and oxygen atoms in total. The molecule has 0 radical (unpaired) electrons. The number of nitrogens with zero attached hydrogens (tertiary/aromatic N) is 1. The molecule has 1 atom stereocenters. The fourth-order valence-electron chi connectivity index (χ4n) is 3.21. The summed E-state index contributed by atoms with van der Waals surface area (Å²) in [7, 11) is 5.19. The van der Waals surface area contributed by atoms with E-state index in [0.29, 0.717) is 37.6 Å². The number of piperidine rings is 1. The van der Waals surface area contributed by atoms with Gasteiger partial charge in [0.15, 0.2) is 18.2 Å². The highest BCUT2D eigenvalue weighted by Crippen LogP contribution is 2.35. The van der Waals surface area contributed by atoms with E-state index in [1.807, 2.05) is 39.1 Å². The van der Waals surface area contributed by atoms with Gasteiger partial charge in [-0.3, -0.25) is 9.59 Å². The van der Waals surface area contributed by atoms with Crippen LogP contribution in [0.1, 0.15) is 38.7 Å². The van der Waals surface area contributed by atoms with Gasteiger partial charge in [-0.2, -0.15) is 0 Å². The van der Waals surface area contributed by atoms with Crippen LogP contribution in [0.5, 0.6) is 11.5 Å². The van der Waals surface area contributed by atoms with Gasteiger partial charge in [-0.15, -0.1) is 0 Å². The predicted octanol–water partition coefficient (Wildman–Crippen LogP) is 1.24. The first-order valence-electron chi connectivity index (χ1n) is 8.67. The number of methoxy groups -OCH3 is 2. The second-order valence-corrected chi connectivity index (χ2v) is 7.21. The van der Waals surface area contributed by atoms with Crippen molar-refractivity contribution < 1.29 is 24.0 Å². The maximum absolute atomic E-state index is 12.4. The van der Waals surface area contributed by atoms with Crippen molar-refractivity contribution in [1.29, 1.82) is 0 Å². The first-order chi connectivity index (χ1) is 11.8. The number of ether oxygens (including phenoxy) is 2. The molecule has 1 aromatic carbocycles. The Morgan fingerprint density at radius 1 is 1.12 bits per heavy atom. The summed E-state index contributed by atoms with van der Waals surface area (Å²) in [5, 5.41) is 0. The van der Waals surface area contributed by atoms with Gasteiger partial charge in [0.05, 0.1) is 21.3 Å². The van der Waals surface area contributed by atoms with Crippen LogP contribution in [0.2, 0.25) is 0 Å². The number of hydrogen-bond acceptors (Lipinski definition) is 4. The van der Waals surface area contributed by atoms with E-state index >= 15 is 0 Å². The number of quaternary nitrogens is 1. The second kappa shape index (κ2) is 7.87. The smallest absolute Gasteiger partial charge is 0.234 e. The van der Waals surface area contributed by atoms with Crippen LogP contribution in [0.15, 0.2) is 18.2 Å². The van der Waals surface area contributed by atoms with Crippen molar-refractivity contribution in [3.8, 4) is 11.5 Å². The Balaban J connectivity index is 2.02. The Labute approximate surface area is 149 Å². The van der Waals surface area contributed by atoms with E-state index in [2.05, 4.69) is 0 Å². The number of carbonyl (C=O) groups is 2. The van der Waals surface area contributed by atoms with E-state index in [0.717, 1.165) is 16.9 Å². The van der Waals surface area contributed by atoms with E-state index in [4.69, 9.17) is 9.47 Å². The Bertz CT molecular complexity index is 626. The quantitative estimate of drug-likeness (QED) is 0.753. The minimum absolute atomic E-state index is 0.0627. The van der Waals surface area contributed by atoms with Crippen molar-refractivity contribution in [1.82, 2.24) is 4.90 Å². The van der Waals surface area contributed by atoms with E-state index in [-0.39, 0.29) is 17.2 Å². The number of imide groups is 1. The maximum atomic E-state index is 12.4. The highest BCUT2D eigenvalue weighted by atomic mass is 16.5. The van der Waals surface area contributed by atoms with Crippen molar-refractivity contribution in [2.24, 2.45) is 5.41 Å². The average Bonchev–Trinajstić information content (AvgIpc) is 2.58. The molecule has 0 spiro atoms. The summed E-state index contributed by atoms with van der Waals surface area (Å²) in [6, 6.07) is 5.76. The SMILES string of the molecule is CCC1(C)CC(=O)N(C[NH+](C)Cc2ccc(OC)c(OC)c2)C(=O)C1. The molecule has 0 saturated carbocycles. The molecule has 25 heavy (non-hydrogen) atoms. The number of likely N-dealkylation sites (tertiary alicyclic amines) is 1. The molecule has 1 heterocycles. The van der Waals surface area contributed by atoms with Crippen LogP contribution >= 0.6 is 0 Å². The third-order valence-electron chi connectivity index (χ3n) is 4.99. The van der Waals surface area contributed by atoms with Crippen molar-refractivity contribution in [3.63, 3.8) is 0 Å². The Hall–Kier alpha value is -2.08. The van der Waals surface area contributed by atoms with Gasteiger partial charge in [0.2, 0.25) is 11.8 Å². The molecule has 2 amide bonds. The van der Waals surface area contributed by atoms with Crippen molar-refractivity contribution in [2.75, 3.05) is 27.9 Å². The van der Waals surface area contributed by atoms with Gasteiger partial charge in [0, 0.05) is 18.4 Å². The summed E-state index contributed by atoms with van der Waals surface area (Å²) in [5.41, 5.74) is 0.868. The molecule has 2 rings (SSSR count). The zero-order valence-electron chi connectivity index (χ0n) is 15.8. The topological polar surface area (TPSA) is 60.3 Å². The molecule has 1 fully saturated rings. The van der Waals surface area contributed by atoms with Crippen molar-refractivity contribution in [3.05, 3.63) is 23.8 Å². The van der Waals surface area contributed by atoms with Gasteiger partial charge in [0.1, 0.15) is 6.54 Å². The van der Waals surface area contributed by atoms with E-state index in [1.165, 1.54) is 4.90 Å². The lowest BCUT2D eigenvalue weighted by molar-refractivity contribution is -0.901. The molecule has 6 heteroatoms. The molecule has 0 aromatic heterocycles. The fourth-order valence-corrected chi connectivity index (χ4v) is 3.21.